The minimum atomic E-state index is 0.0343. The van der Waals surface area contributed by atoms with Gasteiger partial charge in [0.1, 0.15) is 5.75 Å². The van der Waals surface area contributed by atoms with Crippen LogP contribution in [0.4, 0.5) is 0 Å². The van der Waals surface area contributed by atoms with Crippen LogP contribution in [-0.4, -0.2) is 6.61 Å². The van der Waals surface area contributed by atoms with Crippen molar-refractivity contribution in [2.75, 3.05) is 6.61 Å². The molecule has 1 atom stereocenters. The first-order chi connectivity index (χ1) is 7.29. The summed E-state index contributed by atoms with van der Waals surface area (Å²) in [6.45, 7) is 2.60. The molecular formula is C13H17NO. The Bertz CT molecular complexity index is 341. The molecule has 15 heavy (non-hydrogen) atoms. The van der Waals surface area contributed by atoms with Crippen molar-refractivity contribution in [2.24, 2.45) is 5.73 Å². The molecule has 1 aromatic rings. The highest BCUT2D eigenvalue weighted by atomic mass is 16.5. The van der Waals surface area contributed by atoms with Crippen LogP contribution in [0.1, 0.15) is 31.4 Å². The summed E-state index contributed by atoms with van der Waals surface area (Å²) in [6.07, 6.45) is 6.68. The van der Waals surface area contributed by atoms with Gasteiger partial charge in [-0.15, -0.1) is 12.3 Å². The van der Waals surface area contributed by atoms with Crippen LogP contribution in [0.2, 0.25) is 0 Å². The zero-order valence-electron chi connectivity index (χ0n) is 9.07. The number of rotatable bonds is 5. The maximum Gasteiger partial charge on any atom is 0.124 e. The lowest BCUT2D eigenvalue weighted by Crippen LogP contribution is -2.11. The van der Waals surface area contributed by atoms with Gasteiger partial charge in [-0.3, -0.25) is 0 Å². The molecule has 0 saturated heterocycles. The van der Waals surface area contributed by atoms with Crippen LogP contribution in [0, 0.1) is 12.3 Å². The highest BCUT2D eigenvalue weighted by molar-refractivity contribution is 5.35. The fraction of sp³-hybridized carbons (Fsp3) is 0.385. The molecule has 1 rings (SSSR count). The maximum absolute atomic E-state index is 5.98. The third-order valence-corrected chi connectivity index (χ3v) is 2.26. The minimum Gasteiger partial charge on any atom is -0.492 e. The van der Waals surface area contributed by atoms with Gasteiger partial charge in [0.15, 0.2) is 0 Å². The number of terminal acetylenes is 1. The molecule has 0 saturated carbocycles. The third-order valence-electron chi connectivity index (χ3n) is 2.26. The number of nitrogens with two attached hydrogens (primary N) is 1. The Labute approximate surface area is 91.4 Å². The van der Waals surface area contributed by atoms with Crippen molar-refractivity contribution in [2.45, 2.75) is 25.8 Å². The summed E-state index contributed by atoms with van der Waals surface area (Å²) in [5, 5.41) is 0. The van der Waals surface area contributed by atoms with E-state index in [-0.39, 0.29) is 6.04 Å². The minimum absolute atomic E-state index is 0.0343. The molecular weight excluding hydrogens is 186 g/mol. The van der Waals surface area contributed by atoms with Crippen molar-refractivity contribution >= 4 is 0 Å². The summed E-state index contributed by atoms with van der Waals surface area (Å²) in [4.78, 5) is 0. The molecule has 2 nitrogen and oxygen atoms in total. The van der Waals surface area contributed by atoms with E-state index in [4.69, 9.17) is 16.9 Å². The lowest BCUT2D eigenvalue weighted by atomic mass is 10.0. The molecule has 0 radical (unpaired) electrons. The lowest BCUT2D eigenvalue weighted by molar-refractivity contribution is 0.321. The van der Waals surface area contributed by atoms with Gasteiger partial charge in [-0.25, -0.2) is 0 Å². The Morgan fingerprint density at radius 2 is 2.20 bits per heavy atom. The number of hydrogen-bond donors (Lipinski definition) is 1. The van der Waals surface area contributed by atoms with Crippen molar-refractivity contribution in [3.05, 3.63) is 29.8 Å². The number of benzene rings is 1. The number of ether oxygens (including phenoxy) is 1. The van der Waals surface area contributed by atoms with Gasteiger partial charge in [0, 0.05) is 18.0 Å². The normalized spacial score (nSPS) is 11.8. The van der Waals surface area contributed by atoms with Gasteiger partial charge >= 0.3 is 0 Å². The molecule has 0 spiro atoms. The molecule has 1 aromatic carbocycles. The first-order valence-electron chi connectivity index (χ1n) is 5.20. The first kappa shape index (κ1) is 11.6. The van der Waals surface area contributed by atoms with E-state index >= 15 is 0 Å². The van der Waals surface area contributed by atoms with Crippen molar-refractivity contribution in [1.82, 2.24) is 0 Å². The molecule has 0 aliphatic rings. The van der Waals surface area contributed by atoms with Crippen LogP contribution in [0.5, 0.6) is 5.75 Å². The SMILES string of the molecule is C#CCCOc1ccccc1[C@H](N)CC. The second kappa shape index (κ2) is 6.10. The zero-order chi connectivity index (χ0) is 11.1. The van der Waals surface area contributed by atoms with Crippen LogP contribution < -0.4 is 10.5 Å². The molecule has 0 aliphatic carbocycles. The molecule has 2 N–H and O–H groups in total. The second-order valence-electron chi connectivity index (χ2n) is 3.36. The molecule has 0 heterocycles. The Morgan fingerprint density at radius 1 is 1.47 bits per heavy atom. The van der Waals surface area contributed by atoms with Gasteiger partial charge in [0.05, 0.1) is 6.61 Å². The fourth-order valence-electron chi connectivity index (χ4n) is 1.36. The Morgan fingerprint density at radius 3 is 2.87 bits per heavy atom. The summed E-state index contributed by atoms with van der Waals surface area (Å²) in [5.41, 5.74) is 7.03. The molecule has 0 bridgehead atoms. The highest BCUT2D eigenvalue weighted by Crippen LogP contribution is 2.25. The molecule has 0 unspecified atom stereocenters. The van der Waals surface area contributed by atoms with E-state index in [9.17, 15) is 0 Å². The van der Waals surface area contributed by atoms with Crippen molar-refractivity contribution in [3.63, 3.8) is 0 Å². The topological polar surface area (TPSA) is 35.2 Å². The van der Waals surface area contributed by atoms with Gasteiger partial charge in [0.2, 0.25) is 0 Å². The van der Waals surface area contributed by atoms with Crippen LogP contribution >= 0.6 is 0 Å². The van der Waals surface area contributed by atoms with Gasteiger partial charge in [0.25, 0.3) is 0 Å². The maximum atomic E-state index is 5.98. The van der Waals surface area contributed by atoms with Crippen LogP contribution in [0.25, 0.3) is 0 Å². The number of hydrogen-bond acceptors (Lipinski definition) is 2. The number of para-hydroxylation sites is 1. The van der Waals surface area contributed by atoms with E-state index in [1.807, 2.05) is 24.3 Å². The van der Waals surface area contributed by atoms with E-state index in [2.05, 4.69) is 12.8 Å². The molecule has 80 valence electrons. The monoisotopic (exact) mass is 203 g/mol. The predicted molar refractivity (Wildman–Crippen MR) is 62.6 cm³/mol. The van der Waals surface area contributed by atoms with E-state index in [1.165, 1.54) is 0 Å². The standard InChI is InChI=1S/C13H17NO/c1-3-5-10-15-13-9-7-6-8-11(13)12(14)4-2/h1,6-9,12H,4-5,10,14H2,2H3/t12-/m1/s1. The lowest BCUT2D eigenvalue weighted by Gasteiger charge is -2.14. The molecule has 2 heteroatoms. The largest absolute Gasteiger partial charge is 0.492 e. The van der Waals surface area contributed by atoms with Crippen molar-refractivity contribution < 1.29 is 4.74 Å². The van der Waals surface area contributed by atoms with Crippen molar-refractivity contribution in [1.29, 1.82) is 0 Å². The van der Waals surface area contributed by atoms with Crippen LogP contribution in [-0.2, 0) is 0 Å². The van der Waals surface area contributed by atoms with Gasteiger partial charge in [-0.2, -0.15) is 0 Å². The molecule has 0 fully saturated rings. The van der Waals surface area contributed by atoms with Gasteiger partial charge < -0.3 is 10.5 Å². The van der Waals surface area contributed by atoms with E-state index in [0.717, 1.165) is 17.7 Å². The highest BCUT2D eigenvalue weighted by Gasteiger charge is 2.08. The third kappa shape index (κ3) is 3.30. The van der Waals surface area contributed by atoms with E-state index in [1.54, 1.807) is 0 Å². The quantitative estimate of drug-likeness (QED) is 0.589. The van der Waals surface area contributed by atoms with E-state index in [0.29, 0.717) is 13.0 Å². The summed E-state index contributed by atoms with van der Waals surface area (Å²) >= 11 is 0. The van der Waals surface area contributed by atoms with E-state index < -0.39 is 0 Å². The summed E-state index contributed by atoms with van der Waals surface area (Å²) in [5.74, 6) is 3.39. The smallest absolute Gasteiger partial charge is 0.124 e. The average Bonchev–Trinajstić information content (AvgIpc) is 2.29. The molecule has 0 aliphatic heterocycles. The Kier molecular flexibility index (Phi) is 4.73. The predicted octanol–water partition coefficient (Wildman–Crippen LogP) is 2.50. The zero-order valence-corrected chi connectivity index (χ0v) is 9.07. The summed E-state index contributed by atoms with van der Waals surface area (Å²) < 4.78 is 5.58. The van der Waals surface area contributed by atoms with Gasteiger partial charge in [-0.05, 0) is 12.5 Å². The second-order valence-corrected chi connectivity index (χ2v) is 3.36. The Hall–Kier alpha value is -1.46. The van der Waals surface area contributed by atoms with Crippen LogP contribution in [0.15, 0.2) is 24.3 Å². The van der Waals surface area contributed by atoms with Crippen LogP contribution in [0.3, 0.4) is 0 Å². The first-order valence-corrected chi connectivity index (χ1v) is 5.20. The van der Waals surface area contributed by atoms with Gasteiger partial charge in [-0.1, -0.05) is 25.1 Å². The molecule has 0 aromatic heterocycles. The molecule has 0 amide bonds. The Balaban J connectivity index is 2.73. The summed E-state index contributed by atoms with van der Waals surface area (Å²) in [6, 6.07) is 7.88. The van der Waals surface area contributed by atoms with Crippen molar-refractivity contribution in [3.8, 4) is 18.1 Å². The fourth-order valence-corrected chi connectivity index (χ4v) is 1.36. The summed E-state index contributed by atoms with van der Waals surface area (Å²) in [7, 11) is 0. The average molecular weight is 203 g/mol.